The number of hydrazine groups is 1. The molecule has 0 bridgehead atoms. The summed E-state index contributed by atoms with van der Waals surface area (Å²) in [4.78, 5) is 4.31. The van der Waals surface area contributed by atoms with Crippen molar-refractivity contribution in [3.8, 4) is 0 Å². The zero-order valence-electron chi connectivity index (χ0n) is 9.36. The van der Waals surface area contributed by atoms with Gasteiger partial charge in [-0.15, -0.1) is 0 Å². The molecule has 0 fully saturated rings. The normalized spacial score (nSPS) is 12.7. The third-order valence-corrected chi connectivity index (χ3v) is 2.34. The van der Waals surface area contributed by atoms with Gasteiger partial charge in [-0.1, -0.05) is 0 Å². The first-order valence-corrected chi connectivity index (χ1v) is 5.15. The van der Waals surface area contributed by atoms with E-state index < -0.39 is 0 Å². The third-order valence-electron chi connectivity index (χ3n) is 2.34. The molecular weight excluding hydrogens is 190 g/mol. The van der Waals surface area contributed by atoms with Crippen molar-refractivity contribution in [1.29, 1.82) is 0 Å². The Hall–Kier alpha value is -0.970. The van der Waals surface area contributed by atoms with Crippen molar-refractivity contribution < 1.29 is 4.74 Å². The lowest BCUT2D eigenvalue weighted by molar-refractivity contribution is 0.188. The Kier molecular flexibility index (Phi) is 5.25. The number of rotatable bonds is 6. The largest absolute Gasteiger partial charge is 0.385 e. The smallest absolute Gasteiger partial charge is 0.0633 e. The number of hydrogen-bond acceptors (Lipinski definition) is 4. The molecule has 3 N–H and O–H groups in total. The number of nitrogens with one attached hydrogen (secondary N) is 1. The van der Waals surface area contributed by atoms with E-state index in [2.05, 4.69) is 16.5 Å². The SMILES string of the molecule is COCCCC(NN)c1cc(C)ccn1. The van der Waals surface area contributed by atoms with Gasteiger partial charge in [-0.05, 0) is 37.5 Å². The molecule has 1 heterocycles. The average molecular weight is 209 g/mol. The Morgan fingerprint density at radius 1 is 1.60 bits per heavy atom. The number of methoxy groups -OCH3 is 1. The minimum Gasteiger partial charge on any atom is -0.385 e. The molecule has 84 valence electrons. The molecular formula is C11H19N3O. The van der Waals surface area contributed by atoms with E-state index in [0.29, 0.717) is 0 Å². The number of ether oxygens (including phenoxy) is 1. The zero-order chi connectivity index (χ0) is 11.1. The molecule has 1 atom stereocenters. The van der Waals surface area contributed by atoms with Gasteiger partial charge in [-0.3, -0.25) is 16.3 Å². The highest BCUT2D eigenvalue weighted by Gasteiger charge is 2.10. The summed E-state index contributed by atoms with van der Waals surface area (Å²) in [5, 5.41) is 0. The van der Waals surface area contributed by atoms with E-state index in [0.717, 1.165) is 25.1 Å². The van der Waals surface area contributed by atoms with Crippen LogP contribution in [-0.4, -0.2) is 18.7 Å². The zero-order valence-corrected chi connectivity index (χ0v) is 9.36. The molecule has 0 aliphatic carbocycles. The van der Waals surface area contributed by atoms with Gasteiger partial charge in [0.25, 0.3) is 0 Å². The second-order valence-electron chi connectivity index (χ2n) is 3.61. The first kappa shape index (κ1) is 12.1. The summed E-state index contributed by atoms with van der Waals surface area (Å²) >= 11 is 0. The maximum Gasteiger partial charge on any atom is 0.0633 e. The lowest BCUT2D eigenvalue weighted by Gasteiger charge is -2.15. The highest BCUT2D eigenvalue weighted by molar-refractivity contribution is 5.17. The number of pyridine rings is 1. The van der Waals surface area contributed by atoms with E-state index in [-0.39, 0.29) is 6.04 Å². The second kappa shape index (κ2) is 6.50. The molecule has 15 heavy (non-hydrogen) atoms. The lowest BCUT2D eigenvalue weighted by Crippen LogP contribution is -2.28. The fourth-order valence-corrected chi connectivity index (χ4v) is 1.50. The summed E-state index contributed by atoms with van der Waals surface area (Å²) in [7, 11) is 1.70. The highest BCUT2D eigenvalue weighted by Crippen LogP contribution is 2.15. The van der Waals surface area contributed by atoms with Crippen LogP contribution in [-0.2, 0) is 4.74 Å². The summed E-state index contributed by atoms with van der Waals surface area (Å²) in [5.74, 6) is 5.51. The van der Waals surface area contributed by atoms with Gasteiger partial charge < -0.3 is 4.74 Å². The van der Waals surface area contributed by atoms with Gasteiger partial charge in [0.05, 0.1) is 11.7 Å². The highest BCUT2D eigenvalue weighted by atomic mass is 16.5. The van der Waals surface area contributed by atoms with Crippen LogP contribution in [0.1, 0.15) is 30.1 Å². The Bertz CT molecular complexity index is 291. The van der Waals surface area contributed by atoms with Gasteiger partial charge in [0.1, 0.15) is 0 Å². The maximum atomic E-state index is 5.51. The molecule has 0 aliphatic heterocycles. The van der Waals surface area contributed by atoms with Crippen molar-refractivity contribution in [2.45, 2.75) is 25.8 Å². The van der Waals surface area contributed by atoms with E-state index in [1.54, 1.807) is 7.11 Å². The molecule has 0 radical (unpaired) electrons. The molecule has 0 amide bonds. The van der Waals surface area contributed by atoms with Crippen LogP contribution in [0.25, 0.3) is 0 Å². The van der Waals surface area contributed by atoms with Crippen LogP contribution in [0.2, 0.25) is 0 Å². The lowest BCUT2D eigenvalue weighted by atomic mass is 10.1. The fourth-order valence-electron chi connectivity index (χ4n) is 1.50. The van der Waals surface area contributed by atoms with Gasteiger partial charge in [0, 0.05) is 19.9 Å². The third kappa shape index (κ3) is 3.95. The predicted molar refractivity (Wildman–Crippen MR) is 60.1 cm³/mol. The summed E-state index contributed by atoms with van der Waals surface area (Å²) in [5.41, 5.74) is 4.98. The summed E-state index contributed by atoms with van der Waals surface area (Å²) in [6.45, 7) is 2.80. The number of aryl methyl sites for hydroxylation is 1. The molecule has 0 spiro atoms. The summed E-state index contributed by atoms with van der Waals surface area (Å²) in [6, 6.07) is 4.14. The van der Waals surface area contributed by atoms with Crippen LogP contribution in [0.4, 0.5) is 0 Å². The topological polar surface area (TPSA) is 60.2 Å². The molecule has 4 heteroatoms. The standard InChI is InChI=1S/C11H19N3O/c1-9-5-6-13-11(8-9)10(14-12)4-3-7-15-2/h5-6,8,10,14H,3-4,7,12H2,1-2H3. The van der Waals surface area contributed by atoms with Crippen LogP contribution in [0.15, 0.2) is 18.3 Å². The van der Waals surface area contributed by atoms with Crippen molar-refractivity contribution in [2.24, 2.45) is 5.84 Å². The van der Waals surface area contributed by atoms with Gasteiger partial charge in [-0.2, -0.15) is 0 Å². The van der Waals surface area contributed by atoms with Gasteiger partial charge in [0.15, 0.2) is 0 Å². The van der Waals surface area contributed by atoms with Crippen molar-refractivity contribution >= 4 is 0 Å². The second-order valence-corrected chi connectivity index (χ2v) is 3.61. The van der Waals surface area contributed by atoms with Crippen molar-refractivity contribution in [3.05, 3.63) is 29.6 Å². The summed E-state index contributed by atoms with van der Waals surface area (Å²) < 4.78 is 5.01. The van der Waals surface area contributed by atoms with Crippen LogP contribution >= 0.6 is 0 Å². The average Bonchev–Trinajstić information content (AvgIpc) is 2.24. The minimum atomic E-state index is 0.111. The number of hydrogen-bond donors (Lipinski definition) is 2. The van der Waals surface area contributed by atoms with Crippen LogP contribution in [0, 0.1) is 6.92 Å². The molecule has 0 aromatic carbocycles. The van der Waals surface area contributed by atoms with E-state index >= 15 is 0 Å². The van der Waals surface area contributed by atoms with Crippen molar-refractivity contribution in [2.75, 3.05) is 13.7 Å². The monoisotopic (exact) mass is 209 g/mol. The molecule has 1 unspecified atom stereocenters. The summed E-state index contributed by atoms with van der Waals surface area (Å²) in [6.07, 6.45) is 3.72. The van der Waals surface area contributed by atoms with E-state index in [9.17, 15) is 0 Å². The Labute approximate surface area is 90.8 Å². The molecule has 0 saturated heterocycles. The molecule has 0 saturated carbocycles. The van der Waals surface area contributed by atoms with Crippen molar-refractivity contribution in [1.82, 2.24) is 10.4 Å². The molecule has 1 aromatic rings. The van der Waals surface area contributed by atoms with Gasteiger partial charge in [0.2, 0.25) is 0 Å². The quantitative estimate of drug-likeness (QED) is 0.421. The Morgan fingerprint density at radius 2 is 2.40 bits per heavy atom. The number of aromatic nitrogens is 1. The van der Waals surface area contributed by atoms with Crippen LogP contribution in [0.3, 0.4) is 0 Å². The molecule has 0 aliphatic rings. The van der Waals surface area contributed by atoms with Gasteiger partial charge >= 0.3 is 0 Å². The van der Waals surface area contributed by atoms with Crippen LogP contribution < -0.4 is 11.3 Å². The molecule has 4 nitrogen and oxygen atoms in total. The van der Waals surface area contributed by atoms with Crippen LogP contribution in [0.5, 0.6) is 0 Å². The Morgan fingerprint density at radius 3 is 3.00 bits per heavy atom. The number of nitrogens with two attached hydrogens (primary N) is 1. The fraction of sp³-hybridized carbons (Fsp3) is 0.545. The van der Waals surface area contributed by atoms with Crippen molar-refractivity contribution in [3.63, 3.8) is 0 Å². The van der Waals surface area contributed by atoms with E-state index in [1.807, 2.05) is 19.2 Å². The molecule has 1 rings (SSSR count). The van der Waals surface area contributed by atoms with E-state index in [1.165, 1.54) is 5.56 Å². The minimum absolute atomic E-state index is 0.111. The Balaban J connectivity index is 2.57. The maximum absolute atomic E-state index is 5.51. The van der Waals surface area contributed by atoms with E-state index in [4.69, 9.17) is 10.6 Å². The number of nitrogens with zero attached hydrogens (tertiary/aromatic N) is 1. The molecule has 1 aromatic heterocycles. The van der Waals surface area contributed by atoms with Gasteiger partial charge in [-0.25, -0.2) is 0 Å². The first-order valence-electron chi connectivity index (χ1n) is 5.15. The first-order chi connectivity index (χ1) is 7.27. The predicted octanol–water partition coefficient (Wildman–Crippen LogP) is 1.32.